The van der Waals surface area contributed by atoms with Crippen molar-refractivity contribution in [1.82, 2.24) is 5.32 Å². The summed E-state index contributed by atoms with van der Waals surface area (Å²) in [5.74, 6) is 0.000808. The molecule has 0 aliphatic carbocycles. The number of rotatable bonds is 2. The van der Waals surface area contributed by atoms with Gasteiger partial charge in [-0.1, -0.05) is 42.0 Å². The summed E-state index contributed by atoms with van der Waals surface area (Å²) >= 11 is 6.54. The highest BCUT2D eigenvalue weighted by atomic mass is 35.5. The smallest absolute Gasteiger partial charge is 0.251 e. The van der Waals surface area contributed by atoms with Crippen molar-refractivity contribution in [1.29, 1.82) is 0 Å². The molecule has 2 aromatic carbocycles. The van der Waals surface area contributed by atoms with E-state index < -0.39 is 0 Å². The Morgan fingerprint density at radius 1 is 1.10 bits per heavy atom. The van der Waals surface area contributed by atoms with Crippen LogP contribution in [0, 0.1) is 6.92 Å². The summed E-state index contributed by atoms with van der Waals surface area (Å²) in [6.07, 6.45) is 0.888. The van der Waals surface area contributed by atoms with E-state index in [4.69, 9.17) is 11.6 Å². The first kappa shape index (κ1) is 13.2. The average molecular weight is 286 g/mol. The monoisotopic (exact) mass is 285 g/mol. The van der Waals surface area contributed by atoms with E-state index in [9.17, 15) is 4.79 Å². The predicted octanol–water partition coefficient (Wildman–Crippen LogP) is 3.61. The maximum Gasteiger partial charge on any atom is 0.251 e. The van der Waals surface area contributed by atoms with Gasteiger partial charge in [0.25, 0.3) is 5.91 Å². The van der Waals surface area contributed by atoms with Crippen LogP contribution in [0.25, 0.3) is 0 Å². The van der Waals surface area contributed by atoms with Crippen LogP contribution in [0.5, 0.6) is 0 Å². The Hall–Kier alpha value is -1.80. The molecule has 2 nitrogen and oxygen atoms in total. The van der Waals surface area contributed by atoms with Crippen LogP contribution >= 0.6 is 11.6 Å². The summed E-state index contributed by atoms with van der Waals surface area (Å²) in [6.45, 7) is 2.77. The van der Waals surface area contributed by atoms with E-state index in [0.717, 1.165) is 28.7 Å². The lowest BCUT2D eigenvalue weighted by Gasteiger charge is -2.19. The Labute approximate surface area is 123 Å². The summed E-state index contributed by atoms with van der Waals surface area (Å²) in [7, 11) is 0. The number of aryl methyl sites for hydroxylation is 1. The van der Waals surface area contributed by atoms with Gasteiger partial charge in [0, 0.05) is 12.1 Å². The lowest BCUT2D eigenvalue weighted by atomic mass is 9.95. The maximum absolute atomic E-state index is 11.9. The van der Waals surface area contributed by atoms with Crippen molar-refractivity contribution in [3.63, 3.8) is 0 Å². The molecule has 1 aliphatic rings. The van der Waals surface area contributed by atoms with E-state index in [1.807, 2.05) is 30.3 Å². The molecule has 20 heavy (non-hydrogen) atoms. The van der Waals surface area contributed by atoms with E-state index in [2.05, 4.69) is 24.4 Å². The Morgan fingerprint density at radius 3 is 2.55 bits per heavy atom. The highest BCUT2D eigenvalue weighted by molar-refractivity contribution is 6.22. The Morgan fingerprint density at radius 2 is 1.80 bits per heavy atom. The summed E-state index contributed by atoms with van der Waals surface area (Å²) in [4.78, 5) is 11.9. The molecule has 1 atom stereocenters. The normalized spacial score (nSPS) is 15.4. The summed E-state index contributed by atoms with van der Waals surface area (Å²) in [5, 5.41) is 2.64. The molecular weight excluding hydrogens is 270 g/mol. The zero-order valence-electron chi connectivity index (χ0n) is 11.3. The zero-order chi connectivity index (χ0) is 14.1. The second kappa shape index (κ2) is 5.29. The third kappa shape index (κ3) is 2.44. The molecule has 3 heteroatoms. The van der Waals surface area contributed by atoms with E-state index in [0.29, 0.717) is 6.54 Å². The number of amides is 1. The van der Waals surface area contributed by atoms with Gasteiger partial charge in [0.1, 0.15) is 0 Å². The van der Waals surface area contributed by atoms with Crippen molar-refractivity contribution in [3.8, 4) is 0 Å². The summed E-state index contributed by atoms with van der Waals surface area (Å²) in [6, 6.07) is 14.1. The third-order valence-electron chi connectivity index (χ3n) is 3.72. The Balaban J connectivity index is 1.96. The molecule has 2 aromatic rings. The quantitative estimate of drug-likeness (QED) is 0.839. The van der Waals surface area contributed by atoms with Crippen LogP contribution in [0.1, 0.15) is 38.0 Å². The van der Waals surface area contributed by atoms with E-state index in [1.165, 1.54) is 5.56 Å². The lowest BCUT2D eigenvalue weighted by Crippen LogP contribution is -2.31. The van der Waals surface area contributed by atoms with Gasteiger partial charge in [0.15, 0.2) is 0 Å². The summed E-state index contributed by atoms with van der Waals surface area (Å²) < 4.78 is 0. The van der Waals surface area contributed by atoms with Crippen LogP contribution in [-0.4, -0.2) is 12.5 Å². The molecule has 1 aliphatic heterocycles. The standard InChI is InChI=1S/C17H16ClNO/c1-11-2-4-13(5-3-11)16(18)14-7-6-12-8-9-19-17(20)15(12)10-14/h2-7,10,16H,8-9H2,1H3,(H,19,20). The van der Waals surface area contributed by atoms with Gasteiger partial charge < -0.3 is 5.32 Å². The van der Waals surface area contributed by atoms with Gasteiger partial charge in [0.05, 0.1) is 5.38 Å². The number of nitrogens with one attached hydrogen (secondary N) is 1. The largest absolute Gasteiger partial charge is 0.352 e. The maximum atomic E-state index is 11.9. The van der Waals surface area contributed by atoms with Gasteiger partial charge in [-0.05, 0) is 36.1 Å². The highest BCUT2D eigenvalue weighted by Crippen LogP contribution is 2.30. The molecule has 1 unspecified atom stereocenters. The molecule has 0 saturated carbocycles. The van der Waals surface area contributed by atoms with Crippen LogP contribution in [0.3, 0.4) is 0 Å². The number of carbonyl (C=O) groups excluding carboxylic acids is 1. The Bertz CT molecular complexity index is 649. The molecule has 0 fully saturated rings. The average Bonchev–Trinajstić information content (AvgIpc) is 2.47. The van der Waals surface area contributed by atoms with E-state index >= 15 is 0 Å². The minimum Gasteiger partial charge on any atom is -0.352 e. The first-order valence-corrected chi connectivity index (χ1v) is 7.20. The Kier molecular flexibility index (Phi) is 3.49. The molecule has 3 rings (SSSR count). The van der Waals surface area contributed by atoms with Crippen molar-refractivity contribution in [2.45, 2.75) is 18.7 Å². The van der Waals surface area contributed by atoms with Crippen LogP contribution in [0.4, 0.5) is 0 Å². The van der Waals surface area contributed by atoms with Crippen LogP contribution in [-0.2, 0) is 6.42 Å². The second-order valence-electron chi connectivity index (χ2n) is 5.20. The lowest BCUT2D eigenvalue weighted by molar-refractivity contribution is 0.0946. The van der Waals surface area contributed by atoms with Crippen molar-refractivity contribution in [3.05, 3.63) is 70.3 Å². The van der Waals surface area contributed by atoms with Crippen LogP contribution in [0.15, 0.2) is 42.5 Å². The molecule has 1 amide bonds. The topological polar surface area (TPSA) is 29.1 Å². The molecule has 0 saturated heterocycles. The van der Waals surface area contributed by atoms with Gasteiger partial charge in [-0.15, -0.1) is 11.6 Å². The molecule has 0 aromatic heterocycles. The number of hydrogen-bond donors (Lipinski definition) is 1. The van der Waals surface area contributed by atoms with Crippen LogP contribution < -0.4 is 5.32 Å². The van der Waals surface area contributed by atoms with Crippen molar-refractivity contribution >= 4 is 17.5 Å². The molecule has 0 spiro atoms. The highest BCUT2D eigenvalue weighted by Gasteiger charge is 2.19. The van der Waals surface area contributed by atoms with Gasteiger partial charge in [0.2, 0.25) is 0 Å². The second-order valence-corrected chi connectivity index (χ2v) is 5.63. The summed E-state index contributed by atoms with van der Waals surface area (Å²) in [5.41, 5.74) is 5.08. The van der Waals surface area contributed by atoms with Crippen molar-refractivity contribution in [2.75, 3.05) is 6.54 Å². The number of benzene rings is 2. The predicted molar refractivity (Wildman–Crippen MR) is 81.4 cm³/mol. The minimum absolute atomic E-state index is 0.000808. The minimum atomic E-state index is -0.226. The molecule has 102 valence electrons. The third-order valence-corrected chi connectivity index (χ3v) is 4.23. The fourth-order valence-electron chi connectivity index (χ4n) is 2.51. The van der Waals surface area contributed by atoms with Crippen molar-refractivity contribution < 1.29 is 4.79 Å². The van der Waals surface area contributed by atoms with Crippen LogP contribution in [0.2, 0.25) is 0 Å². The number of halogens is 1. The molecule has 0 bridgehead atoms. The van der Waals surface area contributed by atoms with E-state index in [-0.39, 0.29) is 11.3 Å². The first-order valence-electron chi connectivity index (χ1n) is 6.77. The van der Waals surface area contributed by atoms with Gasteiger partial charge in [-0.3, -0.25) is 4.79 Å². The SMILES string of the molecule is Cc1ccc(C(Cl)c2ccc3c(c2)C(=O)NCC3)cc1. The molecule has 0 radical (unpaired) electrons. The number of carbonyl (C=O) groups is 1. The zero-order valence-corrected chi connectivity index (χ0v) is 12.1. The molecular formula is C17H16ClNO. The van der Waals surface area contributed by atoms with Gasteiger partial charge in [-0.25, -0.2) is 0 Å². The number of fused-ring (bicyclic) bond motifs is 1. The van der Waals surface area contributed by atoms with Crippen molar-refractivity contribution in [2.24, 2.45) is 0 Å². The number of alkyl halides is 1. The van der Waals surface area contributed by atoms with E-state index in [1.54, 1.807) is 0 Å². The van der Waals surface area contributed by atoms with Gasteiger partial charge in [-0.2, -0.15) is 0 Å². The fraction of sp³-hybridized carbons (Fsp3) is 0.235. The van der Waals surface area contributed by atoms with Gasteiger partial charge >= 0.3 is 0 Å². The fourth-order valence-corrected chi connectivity index (χ4v) is 2.80. The molecule has 1 heterocycles. The first-order chi connectivity index (χ1) is 9.65. The number of hydrogen-bond acceptors (Lipinski definition) is 1. The molecule has 1 N–H and O–H groups in total.